The fourth-order valence-corrected chi connectivity index (χ4v) is 1.80. The van der Waals surface area contributed by atoms with E-state index in [9.17, 15) is 0 Å². The number of hydrogen-bond donors (Lipinski definition) is 2. The van der Waals surface area contributed by atoms with E-state index in [0.29, 0.717) is 6.61 Å². The second-order valence-electron chi connectivity index (χ2n) is 3.50. The van der Waals surface area contributed by atoms with Crippen molar-refractivity contribution in [2.45, 2.75) is 28.2 Å². The maximum atomic E-state index is 7.53. The average Bonchev–Trinajstić information content (AvgIpc) is 2.41. The Balaban J connectivity index is 0.00000103. The molecule has 0 unspecified atom stereocenters. The van der Waals surface area contributed by atoms with Crippen LogP contribution in [0.25, 0.3) is 10.8 Å². The molecule has 104 valence electrons. The Morgan fingerprint density at radius 1 is 1.11 bits per heavy atom. The van der Waals surface area contributed by atoms with Gasteiger partial charge in [-0.2, -0.15) is 0 Å². The summed E-state index contributed by atoms with van der Waals surface area (Å²) in [6.07, 6.45) is 0. The highest BCUT2D eigenvalue weighted by molar-refractivity contribution is 6.08. The Bertz CT molecular complexity index is 535. The third kappa shape index (κ3) is 3.71. The molecular weight excluding hydrogens is 236 g/mol. The van der Waals surface area contributed by atoms with E-state index in [4.69, 9.17) is 15.9 Å². The average molecular weight is 260 g/mol. The predicted octanol–water partition coefficient (Wildman–Crippen LogP) is 4.18. The van der Waals surface area contributed by atoms with Crippen LogP contribution in [-0.4, -0.2) is 12.4 Å². The monoisotopic (exact) mass is 260 g/mol. The van der Waals surface area contributed by atoms with Crippen LogP contribution in [0, 0.1) is 5.41 Å². The van der Waals surface area contributed by atoms with E-state index in [-0.39, 0.29) is 13.3 Å². The molecular formula is C16H24N2O. The quantitative estimate of drug-likeness (QED) is 0.642. The summed E-state index contributed by atoms with van der Waals surface area (Å²) < 4.78 is 5.54. The summed E-state index contributed by atoms with van der Waals surface area (Å²) in [5, 5.41) is 9.48. The Morgan fingerprint density at radius 2 is 1.68 bits per heavy atom. The molecule has 0 aliphatic carbocycles. The summed E-state index contributed by atoms with van der Waals surface area (Å²) >= 11 is 0. The summed E-state index contributed by atoms with van der Waals surface area (Å²) in [4.78, 5) is 0. The molecule has 0 saturated heterocycles. The minimum Gasteiger partial charge on any atom is -0.493 e. The van der Waals surface area contributed by atoms with Gasteiger partial charge in [-0.25, -0.2) is 0 Å². The number of nitrogen functional groups attached to an aromatic ring is 1. The number of nitrogens with one attached hydrogen (secondary N) is 1. The molecule has 0 aliphatic heterocycles. The van der Waals surface area contributed by atoms with Gasteiger partial charge in [0.1, 0.15) is 11.6 Å². The maximum Gasteiger partial charge on any atom is 0.127 e. The van der Waals surface area contributed by atoms with E-state index in [1.54, 1.807) is 0 Å². The van der Waals surface area contributed by atoms with E-state index in [0.717, 1.165) is 22.1 Å². The van der Waals surface area contributed by atoms with Crippen LogP contribution in [0.3, 0.4) is 0 Å². The molecule has 3 heteroatoms. The smallest absolute Gasteiger partial charge is 0.127 e. The standard InChI is InChI=1S/C13H14N2O.C2H6.CH4/c1-2-16-12-8-4-5-9-10(12)6-3-7-11(9)13(14)15;1-2;/h3-8H,2H2,1H3,(H3,14,15);1-2H3;1H4. The van der Waals surface area contributed by atoms with Crippen molar-refractivity contribution in [3.63, 3.8) is 0 Å². The lowest BCUT2D eigenvalue weighted by Crippen LogP contribution is -2.11. The number of hydrogen-bond acceptors (Lipinski definition) is 2. The van der Waals surface area contributed by atoms with Crippen molar-refractivity contribution in [1.82, 2.24) is 0 Å². The van der Waals surface area contributed by atoms with Gasteiger partial charge in [-0.1, -0.05) is 51.6 Å². The van der Waals surface area contributed by atoms with Gasteiger partial charge in [0.2, 0.25) is 0 Å². The maximum absolute atomic E-state index is 7.53. The minimum absolute atomic E-state index is 0. The van der Waals surface area contributed by atoms with Crippen molar-refractivity contribution >= 4 is 16.6 Å². The molecule has 2 aromatic carbocycles. The van der Waals surface area contributed by atoms with Crippen molar-refractivity contribution < 1.29 is 4.74 Å². The lowest BCUT2D eigenvalue weighted by molar-refractivity contribution is 0.344. The number of rotatable bonds is 3. The molecule has 0 spiro atoms. The van der Waals surface area contributed by atoms with Gasteiger partial charge >= 0.3 is 0 Å². The third-order valence-corrected chi connectivity index (χ3v) is 2.47. The van der Waals surface area contributed by atoms with Gasteiger partial charge in [0.25, 0.3) is 0 Å². The lowest BCUT2D eigenvalue weighted by atomic mass is 10.0. The van der Waals surface area contributed by atoms with Gasteiger partial charge in [-0.15, -0.1) is 0 Å². The minimum atomic E-state index is 0. The van der Waals surface area contributed by atoms with Crippen molar-refractivity contribution in [2.75, 3.05) is 6.61 Å². The zero-order valence-electron chi connectivity index (χ0n) is 11.2. The summed E-state index contributed by atoms with van der Waals surface area (Å²) in [5.74, 6) is 0.919. The predicted molar refractivity (Wildman–Crippen MR) is 84.2 cm³/mol. The molecule has 0 heterocycles. The molecule has 3 nitrogen and oxygen atoms in total. The number of benzene rings is 2. The van der Waals surface area contributed by atoms with E-state index >= 15 is 0 Å². The lowest BCUT2D eigenvalue weighted by Gasteiger charge is -2.09. The highest BCUT2D eigenvalue weighted by Crippen LogP contribution is 2.27. The van der Waals surface area contributed by atoms with E-state index in [1.807, 2.05) is 57.2 Å². The Kier molecular flexibility index (Phi) is 7.27. The van der Waals surface area contributed by atoms with Crippen LogP contribution in [0.5, 0.6) is 5.75 Å². The molecule has 0 amide bonds. The van der Waals surface area contributed by atoms with Crippen LogP contribution in [0.2, 0.25) is 0 Å². The van der Waals surface area contributed by atoms with Gasteiger partial charge in [-0.05, 0) is 18.4 Å². The Labute approximate surface area is 115 Å². The van der Waals surface area contributed by atoms with Crippen molar-refractivity contribution in [3.05, 3.63) is 42.0 Å². The summed E-state index contributed by atoms with van der Waals surface area (Å²) in [6, 6.07) is 11.5. The number of nitrogens with two attached hydrogens (primary N) is 1. The third-order valence-electron chi connectivity index (χ3n) is 2.47. The normalized spacial score (nSPS) is 9.00. The molecule has 0 aromatic heterocycles. The van der Waals surface area contributed by atoms with Gasteiger partial charge < -0.3 is 10.5 Å². The van der Waals surface area contributed by atoms with Crippen LogP contribution < -0.4 is 10.5 Å². The fourth-order valence-electron chi connectivity index (χ4n) is 1.80. The number of ether oxygens (including phenoxy) is 1. The van der Waals surface area contributed by atoms with Crippen LogP contribution in [0.15, 0.2) is 36.4 Å². The molecule has 0 radical (unpaired) electrons. The summed E-state index contributed by atoms with van der Waals surface area (Å²) in [6.45, 7) is 6.58. The first-order chi connectivity index (χ1) is 8.74. The van der Waals surface area contributed by atoms with Crippen LogP contribution in [0.4, 0.5) is 0 Å². The van der Waals surface area contributed by atoms with Crippen molar-refractivity contribution in [1.29, 1.82) is 5.41 Å². The van der Waals surface area contributed by atoms with E-state index in [2.05, 4.69) is 0 Å². The fraction of sp³-hybridized carbons (Fsp3) is 0.312. The van der Waals surface area contributed by atoms with Gasteiger partial charge in [0.05, 0.1) is 6.61 Å². The Hall–Kier alpha value is -2.03. The topological polar surface area (TPSA) is 59.1 Å². The molecule has 2 aromatic rings. The molecule has 19 heavy (non-hydrogen) atoms. The first kappa shape index (κ1) is 17.0. The van der Waals surface area contributed by atoms with Gasteiger partial charge in [0.15, 0.2) is 0 Å². The molecule has 0 fully saturated rings. The second-order valence-corrected chi connectivity index (χ2v) is 3.50. The SMILES string of the molecule is C.CC.CCOc1cccc2c(C(=N)N)cccc12. The largest absolute Gasteiger partial charge is 0.493 e. The second kappa shape index (κ2) is 8.14. The molecule has 2 rings (SSSR count). The van der Waals surface area contributed by atoms with Crippen LogP contribution in [0.1, 0.15) is 33.8 Å². The number of fused-ring (bicyclic) bond motifs is 1. The summed E-state index contributed by atoms with van der Waals surface area (Å²) in [5.41, 5.74) is 6.30. The molecule has 3 N–H and O–H groups in total. The molecule has 0 aliphatic rings. The highest BCUT2D eigenvalue weighted by Gasteiger charge is 2.06. The van der Waals surface area contributed by atoms with Gasteiger partial charge in [0, 0.05) is 10.9 Å². The molecule has 0 saturated carbocycles. The van der Waals surface area contributed by atoms with Crippen LogP contribution >= 0.6 is 0 Å². The molecule has 0 atom stereocenters. The molecule has 0 bridgehead atoms. The summed E-state index contributed by atoms with van der Waals surface area (Å²) in [7, 11) is 0. The first-order valence-corrected chi connectivity index (χ1v) is 6.23. The zero-order valence-corrected chi connectivity index (χ0v) is 11.2. The number of amidine groups is 1. The van der Waals surface area contributed by atoms with Crippen molar-refractivity contribution in [3.8, 4) is 5.75 Å². The highest BCUT2D eigenvalue weighted by atomic mass is 16.5. The van der Waals surface area contributed by atoms with Gasteiger partial charge in [-0.3, -0.25) is 5.41 Å². The van der Waals surface area contributed by atoms with E-state index < -0.39 is 0 Å². The van der Waals surface area contributed by atoms with Crippen LogP contribution in [-0.2, 0) is 0 Å². The van der Waals surface area contributed by atoms with Crippen molar-refractivity contribution in [2.24, 2.45) is 5.73 Å². The van der Waals surface area contributed by atoms with E-state index in [1.165, 1.54) is 0 Å². The zero-order chi connectivity index (χ0) is 13.5. The first-order valence-electron chi connectivity index (χ1n) is 6.23. The Morgan fingerprint density at radius 3 is 2.26 bits per heavy atom.